The number of amides is 3. The van der Waals surface area contributed by atoms with Crippen LogP contribution in [0.4, 0.5) is 11.4 Å². The van der Waals surface area contributed by atoms with Crippen molar-refractivity contribution < 1.29 is 14.4 Å². The van der Waals surface area contributed by atoms with Gasteiger partial charge < -0.3 is 15.5 Å². The highest BCUT2D eigenvalue weighted by Crippen LogP contribution is 2.27. The fourth-order valence-electron chi connectivity index (χ4n) is 3.99. The average Bonchev–Trinajstić information content (AvgIpc) is 3.13. The van der Waals surface area contributed by atoms with E-state index in [0.29, 0.717) is 24.3 Å². The standard InChI is InChI=1S/C22H31N3O3/c1-16-10-11-18(23-22(28)17-7-4-5-8-17)15-19(16)24-20(26)12-14-25-13-6-2-3-9-21(25)27/h10-11,15,17H,2-9,12-14H2,1H3,(H,23,28)(H,24,26). The molecule has 1 aliphatic carbocycles. The molecule has 2 fully saturated rings. The lowest BCUT2D eigenvalue weighted by Gasteiger charge is -2.20. The number of carbonyl (C=O) groups is 3. The molecule has 1 aromatic carbocycles. The van der Waals surface area contributed by atoms with Crippen LogP contribution in [0.15, 0.2) is 18.2 Å². The Balaban J connectivity index is 1.54. The molecule has 0 unspecified atom stereocenters. The van der Waals surface area contributed by atoms with Crippen molar-refractivity contribution in [2.75, 3.05) is 23.7 Å². The second-order valence-corrected chi connectivity index (χ2v) is 7.99. The number of rotatable bonds is 6. The van der Waals surface area contributed by atoms with Gasteiger partial charge in [0, 0.05) is 43.2 Å². The molecule has 152 valence electrons. The molecule has 1 aromatic rings. The maximum absolute atomic E-state index is 12.4. The normalized spacial score (nSPS) is 18.0. The second kappa shape index (κ2) is 9.71. The fourth-order valence-corrected chi connectivity index (χ4v) is 3.99. The first-order valence-electron chi connectivity index (χ1n) is 10.5. The summed E-state index contributed by atoms with van der Waals surface area (Å²) in [6, 6.07) is 5.59. The Hall–Kier alpha value is -2.37. The minimum Gasteiger partial charge on any atom is -0.342 e. The molecular weight excluding hydrogens is 354 g/mol. The molecule has 28 heavy (non-hydrogen) atoms. The smallest absolute Gasteiger partial charge is 0.227 e. The summed E-state index contributed by atoms with van der Waals surface area (Å²) in [5, 5.41) is 5.91. The van der Waals surface area contributed by atoms with Crippen LogP contribution < -0.4 is 10.6 Å². The van der Waals surface area contributed by atoms with E-state index in [0.717, 1.165) is 57.1 Å². The van der Waals surface area contributed by atoms with Gasteiger partial charge in [-0.05, 0) is 50.3 Å². The lowest BCUT2D eigenvalue weighted by molar-refractivity contribution is -0.131. The van der Waals surface area contributed by atoms with Crippen molar-refractivity contribution in [1.82, 2.24) is 4.90 Å². The molecule has 6 heteroatoms. The summed E-state index contributed by atoms with van der Waals surface area (Å²) in [5.41, 5.74) is 2.36. The van der Waals surface area contributed by atoms with Crippen LogP contribution in [0, 0.1) is 12.8 Å². The summed E-state index contributed by atoms with van der Waals surface area (Å²) in [5.74, 6) is 0.210. The number of likely N-dealkylation sites (tertiary alicyclic amines) is 1. The summed E-state index contributed by atoms with van der Waals surface area (Å²) in [7, 11) is 0. The molecule has 1 saturated heterocycles. The van der Waals surface area contributed by atoms with Crippen LogP contribution in [0.1, 0.15) is 63.4 Å². The van der Waals surface area contributed by atoms with Gasteiger partial charge in [0.2, 0.25) is 17.7 Å². The van der Waals surface area contributed by atoms with Crippen molar-refractivity contribution in [3.05, 3.63) is 23.8 Å². The molecule has 3 amide bonds. The van der Waals surface area contributed by atoms with Gasteiger partial charge in [-0.1, -0.05) is 25.3 Å². The minimum absolute atomic E-state index is 0.0679. The number of aryl methyl sites for hydroxylation is 1. The molecule has 1 heterocycles. The fraction of sp³-hybridized carbons (Fsp3) is 0.591. The quantitative estimate of drug-likeness (QED) is 0.781. The van der Waals surface area contributed by atoms with Gasteiger partial charge in [0.25, 0.3) is 0 Å². The van der Waals surface area contributed by atoms with E-state index in [1.165, 1.54) is 0 Å². The van der Waals surface area contributed by atoms with Gasteiger partial charge in [0.05, 0.1) is 0 Å². The van der Waals surface area contributed by atoms with Crippen molar-refractivity contribution in [3.63, 3.8) is 0 Å². The zero-order valence-corrected chi connectivity index (χ0v) is 16.8. The molecule has 2 aliphatic rings. The average molecular weight is 386 g/mol. The molecule has 1 aliphatic heterocycles. The first-order valence-corrected chi connectivity index (χ1v) is 10.5. The third kappa shape index (κ3) is 5.57. The van der Waals surface area contributed by atoms with Crippen LogP contribution in [0.25, 0.3) is 0 Å². The van der Waals surface area contributed by atoms with E-state index >= 15 is 0 Å². The molecular formula is C22H31N3O3. The summed E-state index contributed by atoms with van der Waals surface area (Å²) < 4.78 is 0. The van der Waals surface area contributed by atoms with Gasteiger partial charge >= 0.3 is 0 Å². The lowest BCUT2D eigenvalue weighted by atomic mass is 10.1. The van der Waals surface area contributed by atoms with Crippen molar-refractivity contribution in [2.24, 2.45) is 5.92 Å². The highest BCUT2D eigenvalue weighted by atomic mass is 16.2. The number of carbonyl (C=O) groups excluding carboxylic acids is 3. The van der Waals surface area contributed by atoms with Crippen LogP contribution in [-0.2, 0) is 14.4 Å². The van der Waals surface area contributed by atoms with Gasteiger partial charge in [-0.2, -0.15) is 0 Å². The van der Waals surface area contributed by atoms with Crippen molar-refractivity contribution in [1.29, 1.82) is 0 Å². The van der Waals surface area contributed by atoms with E-state index in [1.807, 2.05) is 25.1 Å². The molecule has 3 rings (SSSR count). The van der Waals surface area contributed by atoms with Crippen LogP contribution >= 0.6 is 0 Å². The van der Waals surface area contributed by atoms with Gasteiger partial charge in [0.15, 0.2) is 0 Å². The van der Waals surface area contributed by atoms with Gasteiger partial charge in [0.1, 0.15) is 0 Å². The van der Waals surface area contributed by atoms with E-state index in [9.17, 15) is 14.4 Å². The zero-order chi connectivity index (χ0) is 19.9. The molecule has 2 N–H and O–H groups in total. The molecule has 0 spiro atoms. The largest absolute Gasteiger partial charge is 0.342 e. The Kier molecular flexibility index (Phi) is 7.06. The van der Waals surface area contributed by atoms with E-state index < -0.39 is 0 Å². The number of hydrogen-bond donors (Lipinski definition) is 2. The molecule has 0 atom stereocenters. The van der Waals surface area contributed by atoms with Crippen LogP contribution in [0.3, 0.4) is 0 Å². The Morgan fingerprint density at radius 3 is 2.64 bits per heavy atom. The van der Waals surface area contributed by atoms with E-state index in [1.54, 1.807) is 4.90 Å². The molecule has 0 aromatic heterocycles. The first-order chi connectivity index (χ1) is 13.5. The number of benzene rings is 1. The first kappa shape index (κ1) is 20.4. The van der Waals surface area contributed by atoms with Crippen LogP contribution in [0.5, 0.6) is 0 Å². The summed E-state index contributed by atoms with van der Waals surface area (Å²) >= 11 is 0. The van der Waals surface area contributed by atoms with Gasteiger partial charge in [-0.25, -0.2) is 0 Å². The van der Waals surface area contributed by atoms with E-state index in [-0.39, 0.29) is 30.1 Å². The Bertz CT molecular complexity index is 726. The van der Waals surface area contributed by atoms with E-state index in [2.05, 4.69) is 10.6 Å². The van der Waals surface area contributed by atoms with E-state index in [4.69, 9.17) is 0 Å². The highest BCUT2D eigenvalue weighted by molar-refractivity contribution is 5.95. The number of nitrogens with zero attached hydrogens (tertiary/aromatic N) is 1. The second-order valence-electron chi connectivity index (χ2n) is 7.99. The SMILES string of the molecule is Cc1ccc(NC(=O)C2CCCC2)cc1NC(=O)CCN1CCCCCC1=O. The molecule has 0 radical (unpaired) electrons. The van der Waals surface area contributed by atoms with Crippen molar-refractivity contribution in [3.8, 4) is 0 Å². The van der Waals surface area contributed by atoms with Crippen LogP contribution in [-0.4, -0.2) is 35.7 Å². The molecule has 1 saturated carbocycles. The monoisotopic (exact) mass is 385 g/mol. The zero-order valence-electron chi connectivity index (χ0n) is 16.8. The Labute approximate surface area is 167 Å². The summed E-state index contributed by atoms with van der Waals surface area (Å²) in [4.78, 5) is 38.6. The lowest BCUT2D eigenvalue weighted by Crippen LogP contribution is -2.33. The van der Waals surface area contributed by atoms with Crippen molar-refractivity contribution >= 4 is 29.1 Å². The number of nitrogens with one attached hydrogen (secondary N) is 2. The van der Waals surface area contributed by atoms with Crippen molar-refractivity contribution in [2.45, 2.75) is 64.7 Å². The number of hydrogen-bond acceptors (Lipinski definition) is 3. The maximum atomic E-state index is 12.4. The van der Waals surface area contributed by atoms with Gasteiger partial charge in [-0.3, -0.25) is 14.4 Å². The van der Waals surface area contributed by atoms with Gasteiger partial charge in [-0.15, -0.1) is 0 Å². The molecule has 0 bridgehead atoms. The third-order valence-electron chi connectivity index (χ3n) is 5.79. The van der Waals surface area contributed by atoms with Crippen LogP contribution in [0.2, 0.25) is 0 Å². The third-order valence-corrected chi connectivity index (χ3v) is 5.79. The maximum Gasteiger partial charge on any atom is 0.227 e. The Morgan fingerprint density at radius 1 is 1.07 bits per heavy atom. The summed E-state index contributed by atoms with van der Waals surface area (Å²) in [6.07, 6.45) is 8.04. The topological polar surface area (TPSA) is 78.5 Å². The Morgan fingerprint density at radius 2 is 1.86 bits per heavy atom. The molecule has 6 nitrogen and oxygen atoms in total. The summed E-state index contributed by atoms with van der Waals surface area (Å²) in [6.45, 7) is 3.13. The predicted molar refractivity (Wildman–Crippen MR) is 110 cm³/mol. The predicted octanol–water partition coefficient (Wildman–Crippen LogP) is 3.85. The highest BCUT2D eigenvalue weighted by Gasteiger charge is 2.23. The minimum atomic E-state index is -0.112. The number of anilines is 2.